The number of nitrogens with two attached hydrogens (primary N) is 1. The van der Waals surface area contributed by atoms with Crippen molar-refractivity contribution in [3.63, 3.8) is 0 Å². The fourth-order valence-corrected chi connectivity index (χ4v) is 2.37. The van der Waals surface area contributed by atoms with Crippen LogP contribution >= 0.6 is 0 Å². The first-order chi connectivity index (χ1) is 9.38. The van der Waals surface area contributed by atoms with Gasteiger partial charge in [-0.3, -0.25) is 4.79 Å². The molecule has 4 heteroatoms. The van der Waals surface area contributed by atoms with Gasteiger partial charge in [0.15, 0.2) is 0 Å². The van der Waals surface area contributed by atoms with Crippen LogP contribution in [0, 0.1) is 5.41 Å². The number of hydrogen-bond donors (Lipinski definition) is 2. The Labute approximate surface area is 121 Å². The van der Waals surface area contributed by atoms with Crippen molar-refractivity contribution in [1.29, 1.82) is 0 Å². The maximum atomic E-state index is 12.1. The van der Waals surface area contributed by atoms with Gasteiger partial charge in [0.05, 0.1) is 6.04 Å². The lowest BCUT2D eigenvalue weighted by Gasteiger charge is -2.26. The zero-order valence-electron chi connectivity index (χ0n) is 12.6. The van der Waals surface area contributed by atoms with Gasteiger partial charge in [0.1, 0.15) is 0 Å². The number of anilines is 2. The number of nitrogens with zero attached hydrogens (tertiary/aromatic N) is 1. The van der Waals surface area contributed by atoms with Gasteiger partial charge in [-0.1, -0.05) is 26.8 Å². The van der Waals surface area contributed by atoms with Crippen molar-refractivity contribution >= 4 is 17.3 Å². The summed E-state index contributed by atoms with van der Waals surface area (Å²) in [6, 6.07) is 7.49. The lowest BCUT2D eigenvalue weighted by atomic mass is 9.87. The molecule has 0 bridgehead atoms. The van der Waals surface area contributed by atoms with Gasteiger partial charge in [-0.2, -0.15) is 0 Å². The highest BCUT2D eigenvalue weighted by Gasteiger charge is 2.27. The molecule has 0 unspecified atom stereocenters. The number of nitrogens with one attached hydrogen (secondary N) is 1. The molecule has 1 saturated heterocycles. The summed E-state index contributed by atoms with van der Waals surface area (Å²) in [5.41, 5.74) is 7.73. The third-order valence-corrected chi connectivity index (χ3v) is 3.80. The second kappa shape index (κ2) is 5.83. The molecule has 0 radical (unpaired) electrons. The van der Waals surface area contributed by atoms with Crippen LogP contribution < -0.4 is 16.0 Å². The predicted molar refractivity (Wildman–Crippen MR) is 83.9 cm³/mol. The van der Waals surface area contributed by atoms with E-state index in [1.54, 1.807) is 0 Å². The lowest BCUT2D eigenvalue weighted by molar-refractivity contribution is -0.119. The summed E-state index contributed by atoms with van der Waals surface area (Å²) in [4.78, 5) is 14.5. The average Bonchev–Trinajstić information content (AvgIpc) is 2.91. The Hall–Kier alpha value is -1.55. The topological polar surface area (TPSA) is 58.4 Å². The third kappa shape index (κ3) is 3.51. The van der Waals surface area contributed by atoms with E-state index >= 15 is 0 Å². The van der Waals surface area contributed by atoms with Gasteiger partial charge in [0, 0.05) is 24.5 Å². The normalized spacial score (nSPS) is 17.1. The maximum Gasteiger partial charge on any atom is 0.241 e. The first-order valence-corrected chi connectivity index (χ1v) is 7.29. The quantitative estimate of drug-likeness (QED) is 0.891. The Morgan fingerprint density at radius 3 is 2.55 bits per heavy atom. The second-order valence-corrected chi connectivity index (χ2v) is 6.58. The number of hydrogen-bond acceptors (Lipinski definition) is 3. The highest BCUT2D eigenvalue weighted by Crippen LogP contribution is 2.24. The zero-order valence-corrected chi connectivity index (χ0v) is 12.6. The Morgan fingerprint density at radius 2 is 1.95 bits per heavy atom. The minimum atomic E-state index is -0.516. The maximum absolute atomic E-state index is 12.1. The van der Waals surface area contributed by atoms with Crippen molar-refractivity contribution in [2.45, 2.75) is 39.7 Å². The summed E-state index contributed by atoms with van der Waals surface area (Å²) in [7, 11) is 0. The number of carbonyl (C=O) groups is 1. The van der Waals surface area contributed by atoms with E-state index in [1.807, 2.05) is 39.0 Å². The Balaban J connectivity index is 2.06. The Bertz CT molecular complexity index is 473. The first-order valence-electron chi connectivity index (χ1n) is 7.29. The number of benzene rings is 1. The SMILES string of the molecule is CC(C)(C)[C@H](N)C(=O)Nc1cccc(N2CCCC2)c1. The summed E-state index contributed by atoms with van der Waals surface area (Å²) in [5, 5.41) is 2.92. The molecule has 0 saturated carbocycles. The van der Waals surface area contributed by atoms with Crippen molar-refractivity contribution in [2.75, 3.05) is 23.3 Å². The highest BCUT2D eigenvalue weighted by atomic mass is 16.2. The van der Waals surface area contributed by atoms with Gasteiger partial charge >= 0.3 is 0 Å². The molecule has 1 heterocycles. The van der Waals surface area contributed by atoms with Crippen LogP contribution in [-0.2, 0) is 4.79 Å². The molecule has 110 valence electrons. The van der Waals surface area contributed by atoms with E-state index < -0.39 is 6.04 Å². The molecule has 1 amide bonds. The standard InChI is InChI=1S/C16H25N3O/c1-16(2,3)14(17)15(20)18-12-7-6-8-13(11-12)19-9-4-5-10-19/h6-8,11,14H,4-5,9-10,17H2,1-3H3,(H,18,20)/t14-/m1/s1. The molecule has 1 atom stereocenters. The van der Waals surface area contributed by atoms with Gasteiger partial charge in [-0.05, 0) is 36.5 Å². The largest absolute Gasteiger partial charge is 0.371 e. The summed E-state index contributed by atoms with van der Waals surface area (Å²) in [6.07, 6.45) is 2.48. The van der Waals surface area contributed by atoms with Crippen molar-refractivity contribution < 1.29 is 4.79 Å². The van der Waals surface area contributed by atoms with Crippen LogP contribution in [-0.4, -0.2) is 25.0 Å². The van der Waals surface area contributed by atoms with Gasteiger partial charge in [0.25, 0.3) is 0 Å². The van der Waals surface area contributed by atoms with Crippen molar-refractivity contribution in [3.8, 4) is 0 Å². The molecule has 3 N–H and O–H groups in total. The average molecular weight is 275 g/mol. The summed E-state index contributed by atoms with van der Waals surface area (Å²) in [6.45, 7) is 8.10. The van der Waals surface area contributed by atoms with Gasteiger partial charge in [0.2, 0.25) is 5.91 Å². The van der Waals surface area contributed by atoms with Gasteiger partial charge < -0.3 is 16.0 Å². The van der Waals surface area contributed by atoms with E-state index in [4.69, 9.17) is 5.73 Å². The lowest BCUT2D eigenvalue weighted by Crippen LogP contribution is -2.45. The van der Waals surface area contributed by atoms with Crippen molar-refractivity contribution in [2.24, 2.45) is 11.1 Å². The molecule has 0 spiro atoms. The fourth-order valence-electron chi connectivity index (χ4n) is 2.37. The van der Waals surface area contributed by atoms with E-state index in [0.29, 0.717) is 0 Å². The summed E-state index contributed by atoms with van der Waals surface area (Å²) < 4.78 is 0. The molecule has 1 aromatic rings. The molecule has 1 fully saturated rings. The zero-order chi connectivity index (χ0) is 14.8. The predicted octanol–water partition coefficient (Wildman–Crippen LogP) is 2.60. The van der Waals surface area contributed by atoms with Crippen LogP contribution in [0.5, 0.6) is 0 Å². The molecule has 4 nitrogen and oxygen atoms in total. The smallest absolute Gasteiger partial charge is 0.241 e. The van der Waals surface area contributed by atoms with E-state index in [-0.39, 0.29) is 11.3 Å². The van der Waals surface area contributed by atoms with E-state index in [0.717, 1.165) is 18.8 Å². The molecule has 1 aromatic carbocycles. The van der Waals surface area contributed by atoms with Crippen LogP contribution in [0.25, 0.3) is 0 Å². The van der Waals surface area contributed by atoms with E-state index in [9.17, 15) is 4.79 Å². The highest BCUT2D eigenvalue weighted by molar-refractivity contribution is 5.95. The summed E-state index contributed by atoms with van der Waals surface area (Å²) in [5.74, 6) is -0.129. The molecule has 2 rings (SSSR count). The van der Waals surface area contributed by atoms with Gasteiger partial charge in [-0.15, -0.1) is 0 Å². The van der Waals surface area contributed by atoms with Crippen molar-refractivity contribution in [1.82, 2.24) is 0 Å². The second-order valence-electron chi connectivity index (χ2n) is 6.58. The fraction of sp³-hybridized carbons (Fsp3) is 0.562. The monoisotopic (exact) mass is 275 g/mol. The molecule has 20 heavy (non-hydrogen) atoms. The van der Waals surface area contributed by atoms with Crippen LogP contribution in [0.3, 0.4) is 0 Å². The molecule has 1 aliphatic rings. The first kappa shape index (κ1) is 14.9. The Kier molecular flexibility index (Phi) is 4.33. The van der Waals surface area contributed by atoms with Crippen LogP contribution in [0.4, 0.5) is 11.4 Å². The van der Waals surface area contributed by atoms with Crippen LogP contribution in [0.15, 0.2) is 24.3 Å². The minimum absolute atomic E-state index is 0.129. The minimum Gasteiger partial charge on any atom is -0.371 e. The number of amides is 1. The molecule has 1 aliphatic heterocycles. The van der Waals surface area contributed by atoms with Crippen molar-refractivity contribution in [3.05, 3.63) is 24.3 Å². The molecule has 0 aliphatic carbocycles. The molecular weight excluding hydrogens is 250 g/mol. The van der Waals surface area contributed by atoms with Gasteiger partial charge in [-0.25, -0.2) is 0 Å². The number of carbonyl (C=O) groups excluding carboxylic acids is 1. The van der Waals surface area contributed by atoms with Crippen LogP contribution in [0.2, 0.25) is 0 Å². The summed E-state index contributed by atoms with van der Waals surface area (Å²) >= 11 is 0. The Morgan fingerprint density at radius 1 is 1.30 bits per heavy atom. The van der Waals surface area contributed by atoms with E-state index in [2.05, 4.69) is 16.3 Å². The van der Waals surface area contributed by atoms with Crippen LogP contribution in [0.1, 0.15) is 33.6 Å². The molecular formula is C16H25N3O. The third-order valence-electron chi connectivity index (χ3n) is 3.80. The molecule has 0 aromatic heterocycles. The number of rotatable bonds is 3. The van der Waals surface area contributed by atoms with E-state index in [1.165, 1.54) is 18.5 Å².